The minimum Gasteiger partial charge on any atom is -0.784 e. The molecule has 1 fully saturated rings. The van der Waals surface area contributed by atoms with Crippen molar-refractivity contribution in [3.8, 4) is 11.8 Å². The van der Waals surface area contributed by atoms with Gasteiger partial charge in [0.15, 0.2) is 0 Å². The summed E-state index contributed by atoms with van der Waals surface area (Å²) in [6, 6.07) is 0. The second-order valence-corrected chi connectivity index (χ2v) is 2.70. The van der Waals surface area contributed by atoms with Crippen LogP contribution in [0, 0.1) is 11.8 Å². The van der Waals surface area contributed by atoms with Crippen molar-refractivity contribution in [2.24, 2.45) is 0 Å². The molecule has 1 atom stereocenters. The number of ether oxygens (including phenoxy) is 1. The molecule has 1 saturated heterocycles. The maximum absolute atomic E-state index is 8.44. The van der Waals surface area contributed by atoms with Crippen molar-refractivity contribution in [1.29, 1.82) is 0 Å². The predicted octanol–water partition coefficient (Wildman–Crippen LogP) is -7.40. The summed E-state index contributed by atoms with van der Waals surface area (Å²) in [6.07, 6.45) is 0.400. The van der Waals surface area contributed by atoms with Crippen molar-refractivity contribution in [2.75, 3.05) is 25.7 Å². The Kier molecular flexibility index (Phi) is 36.7. The molecule has 1 rings (SSSR count). The van der Waals surface area contributed by atoms with E-state index in [9.17, 15) is 0 Å². The van der Waals surface area contributed by atoms with Crippen LogP contribution in [0.25, 0.3) is 0 Å². The molecule has 0 bridgehead atoms. The normalized spacial score (nSPS) is 14.4. The van der Waals surface area contributed by atoms with Gasteiger partial charge in [0.2, 0.25) is 0 Å². The van der Waals surface area contributed by atoms with E-state index in [2.05, 4.69) is 11.8 Å². The number of alkyl halides is 1. The number of hydrogen-bond acceptors (Lipinski definition) is 6. The van der Waals surface area contributed by atoms with Gasteiger partial charge in [0.1, 0.15) is 13.2 Å². The van der Waals surface area contributed by atoms with Gasteiger partial charge in [0.25, 0.3) is 0 Å². The molecule has 0 aliphatic carbocycles. The summed E-state index contributed by atoms with van der Waals surface area (Å²) in [5.41, 5.74) is 0. The van der Waals surface area contributed by atoms with Crippen LogP contribution >= 0.6 is 11.6 Å². The number of aliphatic hydroxyl groups is 2. The molecule has 1 heterocycles. The summed E-state index contributed by atoms with van der Waals surface area (Å²) in [5, 5.41) is 15.8. The van der Waals surface area contributed by atoms with E-state index in [-0.39, 0.29) is 72.3 Å². The predicted molar refractivity (Wildman–Crippen MR) is 52.1 cm³/mol. The number of halogens is 1. The molecule has 0 radical (unpaired) electrons. The van der Waals surface area contributed by atoms with E-state index < -0.39 is 11.4 Å². The van der Waals surface area contributed by atoms with Crippen LogP contribution in [-0.4, -0.2) is 55.3 Å². The molecule has 2 N–H and O–H groups in total. The van der Waals surface area contributed by atoms with Gasteiger partial charge < -0.3 is 24.1 Å². The van der Waals surface area contributed by atoms with Crippen molar-refractivity contribution in [3.63, 3.8) is 0 Å². The van der Waals surface area contributed by atoms with Crippen LogP contribution < -0.4 is 59.1 Å². The largest absolute Gasteiger partial charge is 1.00 e. The standard InChI is InChI=1S/C4H6O2.C3H5ClO.2Na.H2O3S/c5-3-1-2-4-6;4-1-3-2-5-3;;;1-4(2)3/h5-6H,3-4H2;3H,1-2H2;;;(H2,1,2,3)/q;;2*+1;/p-2. The van der Waals surface area contributed by atoms with Gasteiger partial charge in [0, 0.05) is 0 Å². The average Bonchev–Trinajstić information content (AvgIpc) is 2.97. The summed E-state index contributed by atoms with van der Waals surface area (Å²) in [5.74, 6) is 5.17. The van der Waals surface area contributed by atoms with Gasteiger partial charge in [-0.15, -0.1) is 23.0 Å². The molecule has 1 aliphatic heterocycles. The van der Waals surface area contributed by atoms with Crippen LogP contribution in [0.1, 0.15) is 0 Å². The zero-order valence-corrected chi connectivity index (χ0v) is 15.3. The van der Waals surface area contributed by atoms with Gasteiger partial charge in [-0.2, -0.15) is 0 Å². The molecule has 6 nitrogen and oxygen atoms in total. The van der Waals surface area contributed by atoms with Crippen molar-refractivity contribution < 1.29 is 87.4 Å². The van der Waals surface area contributed by atoms with E-state index in [4.69, 9.17) is 39.9 Å². The molecule has 0 spiro atoms. The molecular weight excluding hydrogens is 294 g/mol. The topological polar surface area (TPSA) is 116 Å². The minimum absolute atomic E-state index is 0. The van der Waals surface area contributed by atoms with Crippen molar-refractivity contribution in [2.45, 2.75) is 6.10 Å². The molecule has 1 aliphatic rings. The van der Waals surface area contributed by atoms with Crippen molar-refractivity contribution in [1.82, 2.24) is 0 Å². The Bertz CT molecular complexity index is 206. The molecule has 0 aromatic heterocycles. The first-order valence-corrected chi connectivity index (χ1v) is 5.23. The van der Waals surface area contributed by atoms with Crippen LogP contribution in [0.3, 0.4) is 0 Å². The van der Waals surface area contributed by atoms with Gasteiger partial charge in [-0.1, -0.05) is 11.8 Å². The van der Waals surface area contributed by atoms with Crippen LogP contribution in [0.2, 0.25) is 0 Å². The molecule has 0 aromatic carbocycles. The van der Waals surface area contributed by atoms with Crippen LogP contribution in [0.15, 0.2) is 0 Å². The Labute approximate surface area is 152 Å². The second-order valence-electron chi connectivity index (χ2n) is 1.98. The molecule has 0 saturated carbocycles. The zero-order chi connectivity index (χ0) is 12.1. The third kappa shape index (κ3) is 46.3. The summed E-state index contributed by atoms with van der Waals surface area (Å²) in [4.78, 5) is 0. The Balaban J connectivity index is -0.0000000716. The molecule has 0 aromatic rings. The van der Waals surface area contributed by atoms with Crippen LogP contribution in [0.5, 0.6) is 0 Å². The molecule has 10 heteroatoms. The summed E-state index contributed by atoms with van der Waals surface area (Å²) in [6.45, 7) is 0.546. The summed E-state index contributed by atoms with van der Waals surface area (Å²) < 4.78 is 30.1. The third-order valence-electron chi connectivity index (χ3n) is 0.858. The molecule has 17 heavy (non-hydrogen) atoms. The van der Waals surface area contributed by atoms with Gasteiger partial charge >= 0.3 is 59.1 Å². The van der Waals surface area contributed by atoms with Gasteiger partial charge in [-0.25, -0.2) is 0 Å². The molecule has 0 amide bonds. The zero-order valence-electron chi connectivity index (χ0n) is 9.72. The molecular formula is C7H11ClNa2O6S. The van der Waals surface area contributed by atoms with Gasteiger partial charge in [0.05, 0.1) is 18.6 Å². The number of rotatable bonds is 1. The fourth-order valence-corrected chi connectivity index (χ4v) is 0.447. The third-order valence-corrected chi connectivity index (χ3v) is 1.20. The first-order chi connectivity index (χ1) is 7.08. The number of epoxide rings is 1. The maximum atomic E-state index is 8.44. The van der Waals surface area contributed by atoms with E-state index in [0.29, 0.717) is 12.0 Å². The first kappa shape index (κ1) is 27.2. The Morgan fingerprint density at radius 3 is 1.65 bits per heavy atom. The monoisotopic (exact) mass is 304 g/mol. The van der Waals surface area contributed by atoms with Gasteiger partial charge in [-0.3, -0.25) is 4.21 Å². The number of aliphatic hydroxyl groups excluding tert-OH is 2. The number of hydrogen-bond donors (Lipinski definition) is 2. The van der Waals surface area contributed by atoms with Gasteiger partial charge in [-0.05, 0) is 0 Å². The Morgan fingerprint density at radius 1 is 1.29 bits per heavy atom. The van der Waals surface area contributed by atoms with E-state index in [1.54, 1.807) is 0 Å². The average molecular weight is 305 g/mol. The van der Waals surface area contributed by atoms with E-state index in [1.807, 2.05) is 0 Å². The van der Waals surface area contributed by atoms with E-state index in [0.717, 1.165) is 6.61 Å². The summed E-state index contributed by atoms with van der Waals surface area (Å²) in [7, 11) is 0. The SMILES string of the molecule is ClCC1CO1.O=S([O-])[O-].OCC#CCO.[Na+].[Na+]. The van der Waals surface area contributed by atoms with Crippen LogP contribution in [0.4, 0.5) is 0 Å². The summed E-state index contributed by atoms with van der Waals surface area (Å²) >= 11 is 2.16. The van der Waals surface area contributed by atoms with E-state index in [1.165, 1.54) is 0 Å². The maximum Gasteiger partial charge on any atom is 1.00 e. The van der Waals surface area contributed by atoms with Crippen LogP contribution in [-0.2, 0) is 16.1 Å². The molecule has 90 valence electrons. The molecule has 1 unspecified atom stereocenters. The fraction of sp³-hybridized carbons (Fsp3) is 0.714. The second kappa shape index (κ2) is 22.9. The quantitative estimate of drug-likeness (QED) is 0.163. The smallest absolute Gasteiger partial charge is 0.784 e. The Morgan fingerprint density at radius 2 is 1.59 bits per heavy atom. The first-order valence-electron chi connectivity index (χ1n) is 3.70. The fourth-order valence-electron chi connectivity index (χ4n) is 0.269. The van der Waals surface area contributed by atoms with Crippen molar-refractivity contribution >= 4 is 23.0 Å². The van der Waals surface area contributed by atoms with E-state index >= 15 is 0 Å². The van der Waals surface area contributed by atoms with Crippen molar-refractivity contribution in [3.05, 3.63) is 0 Å². The Hall–Kier alpha value is 1.80. The minimum atomic E-state index is -3.11.